The molecule has 0 bridgehead atoms. The van der Waals surface area contributed by atoms with Gasteiger partial charge in [0, 0.05) is 13.6 Å². The highest BCUT2D eigenvalue weighted by Gasteiger charge is 2.42. The lowest BCUT2D eigenvalue weighted by Crippen LogP contribution is -2.44. The summed E-state index contributed by atoms with van der Waals surface area (Å²) in [6.45, 7) is 2.05. The van der Waals surface area contributed by atoms with E-state index in [0.29, 0.717) is 18.5 Å². The molecule has 25 heavy (non-hydrogen) atoms. The third kappa shape index (κ3) is 2.79. The number of aryl methyl sites for hydroxylation is 1. The van der Waals surface area contributed by atoms with Gasteiger partial charge in [-0.1, -0.05) is 6.07 Å². The number of nitrogens with zero attached hydrogens (tertiary/aromatic N) is 2. The van der Waals surface area contributed by atoms with Gasteiger partial charge in [0.05, 0.1) is 29.5 Å². The van der Waals surface area contributed by atoms with Gasteiger partial charge in [-0.3, -0.25) is 9.13 Å². The SMILES string of the molecule is Cn1c(=O)n(C2CCCNC2)c2ccc(C3CCNCC3(F)F)cc21. The van der Waals surface area contributed by atoms with E-state index in [-0.39, 0.29) is 18.3 Å². The normalized spacial score (nSPS) is 26.8. The summed E-state index contributed by atoms with van der Waals surface area (Å²) >= 11 is 0. The molecule has 0 saturated carbocycles. The smallest absolute Gasteiger partial charge is 0.315 e. The summed E-state index contributed by atoms with van der Waals surface area (Å²) in [7, 11) is 1.72. The van der Waals surface area contributed by atoms with E-state index in [4.69, 9.17) is 0 Å². The molecule has 2 saturated heterocycles. The van der Waals surface area contributed by atoms with Crippen LogP contribution in [0.5, 0.6) is 0 Å². The Morgan fingerprint density at radius 3 is 2.72 bits per heavy atom. The minimum absolute atomic E-state index is 0.0714. The molecule has 4 rings (SSSR count). The van der Waals surface area contributed by atoms with Crippen LogP contribution < -0.4 is 16.3 Å². The van der Waals surface area contributed by atoms with Crippen molar-refractivity contribution in [3.05, 3.63) is 34.2 Å². The zero-order valence-corrected chi connectivity index (χ0v) is 14.4. The molecule has 2 aliphatic heterocycles. The lowest BCUT2D eigenvalue weighted by atomic mass is 9.87. The van der Waals surface area contributed by atoms with Crippen LogP contribution in [0.25, 0.3) is 11.0 Å². The van der Waals surface area contributed by atoms with E-state index in [9.17, 15) is 13.6 Å². The second-order valence-electron chi connectivity index (χ2n) is 7.24. The van der Waals surface area contributed by atoms with Gasteiger partial charge in [0.15, 0.2) is 0 Å². The summed E-state index contributed by atoms with van der Waals surface area (Å²) in [5, 5.41) is 6.10. The molecule has 2 aliphatic rings. The Kier molecular flexibility index (Phi) is 4.16. The molecule has 2 aromatic rings. The summed E-state index contributed by atoms with van der Waals surface area (Å²) in [6.07, 6.45) is 2.40. The number of nitrogens with one attached hydrogen (secondary N) is 2. The van der Waals surface area contributed by atoms with Crippen LogP contribution in [0, 0.1) is 0 Å². The largest absolute Gasteiger partial charge is 0.329 e. The number of halogens is 2. The quantitative estimate of drug-likeness (QED) is 0.871. The minimum atomic E-state index is -2.76. The first-order chi connectivity index (χ1) is 12.0. The lowest BCUT2D eigenvalue weighted by molar-refractivity contribution is -0.0419. The molecular weight excluding hydrogens is 326 g/mol. The van der Waals surface area contributed by atoms with Crippen molar-refractivity contribution in [3.8, 4) is 0 Å². The highest BCUT2D eigenvalue weighted by molar-refractivity contribution is 5.77. The Hall–Kier alpha value is -1.73. The molecule has 2 unspecified atom stereocenters. The average molecular weight is 350 g/mol. The zero-order valence-electron chi connectivity index (χ0n) is 14.4. The molecule has 7 heteroatoms. The number of fused-ring (bicyclic) bond motifs is 1. The molecule has 0 radical (unpaired) electrons. The fourth-order valence-electron chi connectivity index (χ4n) is 4.25. The van der Waals surface area contributed by atoms with Crippen LogP contribution in [0.1, 0.15) is 36.8 Å². The topological polar surface area (TPSA) is 51.0 Å². The fourth-order valence-corrected chi connectivity index (χ4v) is 4.25. The molecular formula is C18H24F2N4O. The summed E-state index contributed by atoms with van der Waals surface area (Å²) in [5.74, 6) is -3.56. The zero-order chi connectivity index (χ0) is 17.6. The number of benzene rings is 1. The third-order valence-electron chi connectivity index (χ3n) is 5.63. The molecule has 3 heterocycles. The Labute approximate surface area is 145 Å². The van der Waals surface area contributed by atoms with Gasteiger partial charge in [0.2, 0.25) is 0 Å². The number of imidazole rings is 1. The molecule has 0 aliphatic carbocycles. The van der Waals surface area contributed by atoms with Gasteiger partial charge in [-0.15, -0.1) is 0 Å². The van der Waals surface area contributed by atoms with Crippen molar-refractivity contribution in [1.29, 1.82) is 0 Å². The Balaban J connectivity index is 1.79. The van der Waals surface area contributed by atoms with Crippen LogP contribution in [0.2, 0.25) is 0 Å². The number of hydrogen-bond acceptors (Lipinski definition) is 3. The maximum Gasteiger partial charge on any atom is 0.329 e. The van der Waals surface area contributed by atoms with Gasteiger partial charge in [-0.05, 0) is 50.0 Å². The Bertz CT molecular complexity index is 835. The lowest BCUT2D eigenvalue weighted by Gasteiger charge is -2.32. The molecule has 0 spiro atoms. The first-order valence-electron chi connectivity index (χ1n) is 8.99. The molecule has 5 nitrogen and oxygen atoms in total. The molecule has 2 fully saturated rings. The van der Waals surface area contributed by atoms with Crippen LogP contribution in [-0.4, -0.2) is 41.2 Å². The Morgan fingerprint density at radius 1 is 1.16 bits per heavy atom. The standard InChI is InChI=1S/C18H24F2N4O/c1-23-16-9-12(14-6-8-22-11-18(14,19)20)4-5-15(16)24(17(23)25)13-3-2-7-21-10-13/h4-5,9,13-14,21-22H,2-3,6-8,10-11H2,1H3. The Morgan fingerprint density at radius 2 is 2.00 bits per heavy atom. The van der Waals surface area contributed by atoms with Gasteiger partial charge < -0.3 is 10.6 Å². The van der Waals surface area contributed by atoms with Gasteiger partial charge in [0.1, 0.15) is 0 Å². The van der Waals surface area contributed by atoms with Crippen LogP contribution in [-0.2, 0) is 7.05 Å². The number of piperidine rings is 2. The molecule has 0 amide bonds. The molecule has 2 N–H and O–H groups in total. The summed E-state index contributed by atoms with van der Waals surface area (Å²) in [5.41, 5.74) is 2.12. The van der Waals surface area contributed by atoms with Crippen LogP contribution in [0.15, 0.2) is 23.0 Å². The van der Waals surface area contributed by atoms with Crippen LogP contribution >= 0.6 is 0 Å². The first kappa shape index (κ1) is 16.7. The van der Waals surface area contributed by atoms with Crippen molar-refractivity contribution < 1.29 is 8.78 Å². The van der Waals surface area contributed by atoms with E-state index in [0.717, 1.165) is 37.0 Å². The molecule has 1 aromatic heterocycles. The van der Waals surface area contributed by atoms with Gasteiger partial charge >= 0.3 is 5.69 Å². The molecule has 2 atom stereocenters. The van der Waals surface area contributed by atoms with E-state index in [1.807, 2.05) is 10.6 Å². The summed E-state index contributed by atoms with van der Waals surface area (Å²) in [4.78, 5) is 12.7. The molecule has 136 valence electrons. The van der Waals surface area contributed by atoms with Gasteiger partial charge in [0.25, 0.3) is 5.92 Å². The highest BCUT2D eigenvalue weighted by atomic mass is 19.3. The second kappa shape index (κ2) is 6.21. The number of hydrogen-bond donors (Lipinski definition) is 2. The summed E-state index contributed by atoms with van der Waals surface area (Å²) < 4.78 is 32.0. The summed E-state index contributed by atoms with van der Waals surface area (Å²) in [6, 6.07) is 5.53. The van der Waals surface area contributed by atoms with Crippen molar-refractivity contribution >= 4 is 11.0 Å². The monoisotopic (exact) mass is 350 g/mol. The maximum atomic E-state index is 14.3. The maximum absolute atomic E-state index is 14.3. The van der Waals surface area contributed by atoms with E-state index < -0.39 is 11.8 Å². The minimum Gasteiger partial charge on any atom is -0.315 e. The van der Waals surface area contributed by atoms with Crippen molar-refractivity contribution in [2.75, 3.05) is 26.2 Å². The van der Waals surface area contributed by atoms with Crippen molar-refractivity contribution in [2.45, 2.75) is 37.1 Å². The average Bonchev–Trinajstić information content (AvgIpc) is 2.86. The fraction of sp³-hybridized carbons (Fsp3) is 0.611. The second-order valence-corrected chi connectivity index (χ2v) is 7.24. The first-order valence-corrected chi connectivity index (χ1v) is 8.99. The van der Waals surface area contributed by atoms with Crippen LogP contribution in [0.3, 0.4) is 0 Å². The van der Waals surface area contributed by atoms with Gasteiger partial charge in [-0.25, -0.2) is 13.6 Å². The van der Waals surface area contributed by atoms with E-state index in [1.54, 1.807) is 23.7 Å². The van der Waals surface area contributed by atoms with E-state index in [1.165, 1.54) is 0 Å². The van der Waals surface area contributed by atoms with Crippen LogP contribution in [0.4, 0.5) is 8.78 Å². The third-order valence-corrected chi connectivity index (χ3v) is 5.63. The van der Waals surface area contributed by atoms with Crippen molar-refractivity contribution in [2.24, 2.45) is 7.05 Å². The van der Waals surface area contributed by atoms with E-state index >= 15 is 0 Å². The predicted molar refractivity (Wildman–Crippen MR) is 93.5 cm³/mol. The predicted octanol–water partition coefficient (Wildman–Crippen LogP) is 1.98. The molecule has 1 aromatic carbocycles. The van der Waals surface area contributed by atoms with Gasteiger partial charge in [-0.2, -0.15) is 0 Å². The highest BCUT2D eigenvalue weighted by Crippen LogP contribution is 2.38. The van der Waals surface area contributed by atoms with Crippen molar-refractivity contribution in [3.63, 3.8) is 0 Å². The number of alkyl halides is 2. The van der Waals surface area contributed by atoms with Crippen molar-refractivity contribution in [1.82, 2.24) is 19.8 Å². The number of aromatic nitrogens is 2. The number of rotatable bonds is 2. The van der Waals surface area contributed by atoms with E-state index in [2.05, 4.69) is 10.6 Å².